The molecule has 2 rings (SSSR count). The van der Waals surface area contributed by atoms with Crippen molar-refractivity contribution in [1.82, 2.24) is 9.97 Å². The topological polar surface area (TPSA) is 25.8 Å². The molecule has 2 nitrogen and oxygen atoms in total. The van der Waals surface area contributed by atoms with Crippen LogP contribution in [0.25, 0.3) is 11.1 Å². The zero-order chi connectivity index (χ0) is 10.8. The Morgan fingerprint density at radius 3 is 2.40 bits per heavy atom. The maximum absolute atomic E-state index is 12.5. The number of benzene rings is 1. The minimum Gasteiger partial charge on any atom is -0.210 e. The van der Waals surface area contributed by atoms with E-state index in [-0.39, 0.29) is 0 Å². The van der Waals surface area contributed by atoms with Crippen LogP contribution in [0.1, 0.15) is 0 Å². The minimum absolute atomic E-state index is 0.411. The first-order chi connectivity index (χ1) is 7.18. The molecule has 5 heteroatoms. The number of rotatable bonds is 1. The molecule has 0 saturated heterocycles. The highest BCUT2D eigenvalue weighted by Gasteiger charge is 2.07. The van der Waals surface area contributed by atoms with Gasteiger partial charge in [0.15, 0.2) is 0 Å². The van der Waals surface area contributed by atoms with E-state index in [0.717, 1.165) is 0 Å². The summed E-state index contributed by atoms with van der Waals surface area (Å²) >= 11 is 11.8. The van der Waals surface area contributed by atoms with Gasteiger partial charge >= 0.3 is 6.08 Å². The second kappa shape index (κ2) is 4.13. The largest absolute Gasteiger partial charge is 0.308 e. The third kappa shape index (κ3) is 2.08. The predicted molar refractivity (Wildman–Crippen MR) is 57.4 cm³/mol. The molecule has 0 aliphatic carbocycles. The molecule has 76 valence electrons. The Bertz CT molecular complexity index is 485. The molecule has 0 bridgehead atoms. The van der Waals surface area contributed by atoms with Gasteiger partial charge < -0.3 is 0 Å². The van der Waals surface area contributed by atoms with Crippen LogP contribution in [0.3, 0.4) is 0 Å². The van der Waals surface area contributed by atoms with Gasteiger partial charge in [-0.3, -0.25) is 0 Å². The summed E-state index contributed by atoms with van der Waals surface area (Å²) < 4.78 is 12.5. The van der Waals surface area contributed by atoms with Crippen molar-refractivity contribution >= 4 is 23.2 Å². The first kappa shape index (κ1) is 10.3. The van der Waals surface area contributed by atoms with Gasteiger partial charge in [-0.25, -0.2) is 9.97 Å². The van der Waals surface area contributed by atoms with Crippen molar-refractivity contribution < 1.29 is 4.39 Å². The SMILES string of the molecule is Fc1ncc(-c2cccc(Cl)c2Cl)cn1. The van der Waals surface area contributed by atoms with Crippen LogP contribution in [-0.2, 0) is 0 Å². The van der Waals surface area contributed by atoms with Crippen LogP contribution in [0.5, 0.6) is 0 Å². The highest BCUT2D eigenvalue weighted by molar-refractivity contribution is 6.43. The fraction of sp³-hybridized carbons (Fsp3) is 0. The van der Waals surface area contributed by atoms with Crippen molar-refractivity contribution in [2.45, 2.75) is 0 Å². The molecule has 0 fully saturated rings. The minimum atomic E-state index is -0.767. The molecule has 0 N–H and O–H groups in total. The van der Waals surface area contributed by atoms with Crippen LogP contribution >= 0.6 is 23.2 Å². The summed E-state index contributed by atoms with van der Waals surface area (Å²) in [4.78, 5) is 6.89. The molecular formula is C10H5Cl2FN2. The highest BCUT2D eigenvalue weighted by Crippen LogP contribution is 2.32. The molecule has 0 radical (unpaired) electrons. The Kier molecular flexibility index (Phi) is 2.84. The average molecular weight is 243 g/mol. The van der Waals surface area contributed by atoms with Crippen LogP contribution in [-0.4, -0.2) is 9.97 Å². The number of hydrogen-bond acceptors (Lipinski definition) is 2. The second-order valence-electron chi connectivity index (χ2n) is 2.84. The fourth-order valence-corrected chi connectivity index (χ4v) is 1.59. The van der Waals surface area contributed by atoms with Gasteiger partial charge in [-0.1, -0.05) is 35.3 Å². The van der Waals surface area contributed by atoms with E-state index in [9.17, 15) is 4.39 Å². The van der Waals surface area contributed by atoms with Crippen LogP contribution in [0.2, 0.25) is 10.0 Å². The lowest BCUT2D eigenvalue weighted by molar-refractivity contribution is 0.539. The van der Waals surface area contributed by atoms with Gasteiger partial charge in [0.2, 0.25) is 0 Å². The molecule has 0 amide bonds. The smallest absolute Gasteiger partial charge is 0.210 e. The lowest BCUT2D eigenvalue weighted by Gasteiger charge is -2.04. The van der Waals surface area contributed by atoms with Crippen molar-refractivity contribution in [3.63, 3.8) is 0 Å². The molecule has 1 aromatic carbocycles. The van der Waals surface area contributed by atoms with Crippen molar-refractivity contribution in [1.29, 1.82) is 0 Å². The zero-order valence-corrected chi connectivity index (χ0v) is 8.93. The van der Waals surface area contributed by atoms with E-state index in [1.807, 2.05) is 0 Å². The van der Waals surface area contributed by atoms with E-state index in [4.69, 9.17) is 23.2 Å². The lowest BCUT2D eigenvalue weighted by Crippen LogP contribution is -1.89. The summed E-state index contributed by atoms with van der Waals surface area (Å²) in [6.45, 7) is 0. The summed E-state index contributed by atoms with van der Waals surface area (Å²) in [5.41, 5.74) is 1.31. The van der Waals surface area contributed by atoms with E-state index in [0.29, 0.717) is 21.2 Å². The summed E-state index contributed by atoms with van der Waals surface area (Å²) in [7, 11) is 0. The molecule has 15 heavy (non-hydrogen) atoms. The number of halogens is 3. The molecule has 0 atom stereocenters. The van der Waals surface area contributed by atoms with E-state index < -0.39 is 6.08 Å². The monoisotopic (exact) mass is 242 g/mol. The molecule has 1 aromatic heterocycles. The van der Waals surface area contributed by atoms with Crippen molar-refractivity contribution in [3.05, 3.63) is 46.7 Å². The molecule has 2 aromatic rings. The normalized spacial score (nSPS) is 10.3. The summed E-state index contributed by atoms with van der Waals surface area (Å²) in [5, 5.41) is 0.855. The second-order valence-corrected chi connectivity index (χ2v) is 3.63. The van der Waals surface area contributed by atoms with Crippen molar-refractivity contribution in [3.8, 4) is 11.1 Å². The van der Waals surface area contributed by atoms with E-state index in [1.54, 1.807) is 18.2 Å². The number of nitrogens with zero attached hydrogens (tertiary/aromatic N) is 2. The standard InChI is InChI=1S/C10H5Cl2FN2/c11-8-3-1-2-7(9(8)12)6-4-14-10(13)15-5-6/h1-5H. The van der Waals surface area contributed by atoms with Gasteiger partial charge in [-0.05, 0) is 6.07 Å². The molecule has 0 saturated carbocycles. The fourth-order valence-electron chi connectivity index (χ4n) is 1.18. The third-order valence-corrected chi connectivity index (χ3v) is 2.70. The maximum atomic E-state index is 12.5. The Hall–Kier alpha value is -1.19. The Balaban J connectivity index is 2.54. The average Bonchev–Trinajstić information content (AvgIpc) is 2.24. The Morgan fingerprint density at radius 1 is 1.07 bits per heavy atom. The molecule has 0 unspecified atom stereocenters. The van der Waals surface area contributed by atoms with E-state index >= 15 is 0 Å². The summed E-state index contributed by atoms with van der Waals surface area (Å²) in [6.07, 6.45) is 1.96. The predicted octanol–water partition coefficient (Wildman–Crippen LogP) is 3.59. The highest BCUT2D eigenvalue weighted by atomic mass is 35.5. The summed E-state index contributed by atoms with van der Waals surface area (Å²) in [6, 6.07) is 5.20. The van der Waals surface area contributed by atoms with Gasteiger partial charge in [0.05, 0.1) is 10.0 Å². The van der Waals surface area contributed by atoms with Crippen molar-refractivity contribution in [2.75, 3.05) is 0 Å². The lowest BCUT2D eigenvalue weighted by atomic mass is 10.1. The number of hydrogen-bond donors (Lipinski definition) is 0. The van der Waals surface area contributed by atoms with E-state index in [2.05, 4.69) is 9.97 Å². The Labute approximate surface area is 95.7 Å². The zero-order valence-electron chi connectivity index (χ0n) is 7.42. The first-order valence-electron chi connectivity index (χ1n) is 4.10. The molecule has 0 aliphatic heterocycles. The third-order valence-electron chi connectivity index (χ3n) is 1.88. The van der Waals surface area contributed by atoms with Gasteiger partial charge in [0.25, 0.3) is 0 Å². The van der Waals surface area contributed by atoms with Crippen LogP contribution in [0.4, 0.5) is 4.39 Å². The van der Waals surface area contributed by atoms with Gasteiger partial charge in [0, 0.05) is 23.5 Å². The molecular weight excluding hydrogens is 238 g/mol. The van der Waals surface area contributed by atoms with Crippen LogP contribution < -0.4 is 0 Å². The maximum Gasteiger partial charge on any atom is 0.308 e. The van der Waals surface area contributed by atoms with Gasteiger partial charge in [-0.15, -0.1) is 0 Å². The quantitative estimate of drug-likeness (QED) is 0.715. The van der Waals surface area contributed by atoms with Crippen molar-refractivity contribution in [2.24, 2.45) is 0 Å². The van der Waals surface area contributed by atoms with E-state index in [1.165, 1.54) is 12.4 Å². The molecule has 0 aliphatic rings. The van der Waals surface area contributed by atoms with Crippen LogP contribution in [0, 0.1) is 6.08 Å². The van der Waals surface area contributed by atoms with Crippen LogP contribution in [0.15, 0.2) is 30.6 Å². The number of aromatic nitrogens is 2. The first-order valence-corrected chi connectivity index (χ1v) is 4.86. The molecule has 1 heterocycles. The van der Waals surface area contributed by atoms with Gasteiger partial charge in [0.1, 0.15) is 0 Å². The molecule has 0 spiro atoms. The Morgan fingerprint density at radius 2 is 1.73 bits per heavy atom. The summed E-state index contributed by atoms with van der Waals surface area (Å²) in [5.74, 6) is 0. The van der Waals surface area contributed by atoms with Gasteiger partial charge in [-0.2, -0.15) is 4.39 Å².